The second-order valence-corrected chi connectivity index (χ2v) is 7.58. The summed E-state index contributed by atoms with van der Waals surface area (Å²) in [4.78, 5) is 18.0. The van der Waals surface area contributed by atoms with Crippen LogP contribution >= 0.6 is 0 Å². The Bertz CT molecular complexity index is 970. The van der Waals surface area contributed by atoms with E-state index in [0.29, 0.717) is 19.4 Å². The van der Waals surface area contributed by atoms with Gasteiger partial charge in [0, 0.05) is 30.1 Å². The van der Waals surface area contributed by atoms with Crippen LogP contribution in [0.1, 0.15) is 25.3 Å². The van der Waals surface area contributed by atoms with E-state index >= 15 is 0 Å². The lowest BCUT2D eigenvalue weighted by molar-refractivity contribution is -0.133. The highest BCUT2D eigenvalue weighted by Gasteiger charge is 2.30. The summed E-state index contributed by atoms with van der Waals surface area (Å²) in [5.74, 6) is 0.0311. The van der Waals surface area contributed by atoms with E-state index in [0.717, 1.165) is 34.0 Å². The number of hydrogen-bond acceptors (Lipinski definition) is 2. The van der Waals surface area contributed by atoms with Crippen LogP contribution in [0.15, 0.2) is 60.8 Å². The number of amides is 1. The smallest absolute Gasteiger partial charge is 0.222 e. The van der Waals surface area contributed by atoms with Gasteiger partial charge in [-0.2, -0.15) is 0 Å². The molecule has 0 aliphatic carbocycles. The van der Waals surface area contributed by atoms with Crippen LogP contribution in [0.5, 0.6) is 0 Å². The second kappa shape index (κ2) is 8.09. The van der Waals surface area contributed by atoms with E-state index in [1.54, 1.807) is 4.90 Å². The molecule has 0 spiro atoms. The summed E-state index contributed by atoms with van der Waals surface area (Å²) >= 11 is 0. The van der Waals surface area contributed by atoms with Crippen molar-refractivity contribution in [1.29, 1.82) is 0 Å². The average Bonchev–Trinajstić information content (AvgIpc) is 2.74. The molecular weight excluding hydrogens is 351 g/mol. The van der Waals surface area contributed by atoms with E-state index in [-0.39, 0.29) is 18.4 Å². The minimum Gasteiger partial charge on any atom is -0.340 e. The van der Waals surface area contributed by atoms with Crippen molar-refractivity contribution in [1.82, 2.24) is 9.88 Å². The third-order valence-corrected chi connectivity index (χ3v) is 5.71. The fourth-order valence-electron chi connectivity index (χ4n) is 4.00. The zero-order valence-electron chi connectivity index (χ0n) is 16.1. The topological polar surface area (TPSA) is 33.2 Å². The minimum absolute atomic E-state index is 0.0194. The van der Waals surface area contributed by atoms with Crippen LogP contribution in [0.4, 0.5) is 4.39 Å². The molecule has 3 aromatic rings. The zero-order chi connectivity index (χ0) is 19.5. The van der Waals surface area contributed by atoms with Crippen LogP contribution in [0.2, 0.25) is 0 Å². The molecule has 2 atom stereocenters. The highest BCUT2D eigenvalue weighted by atomic mass is 19.1. The lowest BCUT2D eigenvalue weighted by Crippen LogP contribution is -2.45. The number of carbonyl (C=O) groups is 1. The Morgan fingerprint density at radius 3 is 2.68 bits per heavy atom. The minimum atomic E-state index is -0.950. The van der Waals surface area contributed by atoms with Gasteiger partial charge in [-0.1, -0.05) is 49.4 Å². The van der Waals surface area contributed by atoms with Crippen LogP contribution in [0.3, 0.4) is 0 Å². The van der Waals surface area contributed by atoms with Gasteiger partial charge in [0.25, 0.3) is 0 Å². The van der Waals surface area contributed by atoms with Crippen molar-refractivity contribution in [2.45, 2.75) is 32.4 Å². The fourth-order valence-corrected chi connectivity index (χ4v) is 4.00. The molecule has 1 aromatic heterocycles. The van der Waals surface area contributed by atoms with E-state index in [1.165, 1.54) is 0 Å². The van der Waals surface area contributed by atoms with Gasteiger partial charge < -0.3 is 4.90 Å². The average molecular weight is 376 g/mol. The molecule has 144 valence electrons. The molecule has 3 nitrogen and oxygen atoms in total. The van der Waals surface area contributed by atoms with Crippen molar-refractivity contribution in [3.8, 4) is 11.1 Å². The predicted octanol–water partition coefficient (Wildman–Crippen LogP) is 5.04. The molecule has 0 radical (unpaired) electrons. The van der Waals surface area contributed by atoms with Crippen molar-refractivity contribution < 1.29 is 9.18 Å². The number of likely N-dealkylation sites (tertiary alicyclic amines) is 1. The molecule has 2 aromatic carbocycles. The van der Waals surface area contributed by atoms with Crippen LogP contribution in [0, 0.1) is 5.92 Å². The normalized spacial score (nSPS) is 19.7. The molecule has 4 rings (SSSR count). The largest absolute Gasteiger partial charge is 0.340 e. The zero-order valence-corrected chi connectivity index (χ0v) is 16.1. The maximum Gasteiger partial charge on any atom is 0.222 e. The van der Waals surface area contributed by atoms with Gasteiger partial charge in [-0.3, -0.25) is 9.78 Å². The van der Waals surface area contributed by atoms with E-state index in [9.17, 15) is 9.18 Å². The molecule has 0 N–H and O–H groups in total. The van der Waals surface area contributed by atoms with Gasteiger partial charge in [0.05, 0.1) is 12.1 Å². The number of piperidine rings is 1. The fraction of sp³-hybridized carbons (Fsp3) is 0.333. The highest BCUT2D eigenvalue weighted by molar-refractivity contribution is 5.83. The Labute approximate surface area is 165 Å². The summed E-state index contributed by atoms with van der Waals surface area (Å²) in [7, 11) is 0. The molecule has 1 saturated heterocycles. The molecule has 1 fully saturated rings. The quantitative estimate of drug-likeness (QED) is 0.639. The number of pyridine rings is 1. The Balaban J connectivity index is 1.44. The van der Waals surface area contributed by atoms with Gasteiger partial charge >= 0.3 is 0 Å². The van der Waals surface area contributed by atoms with Crippen LogP contribution in [0.25, 0.3) is 22.0 Å². The lowest BCUT2D eigenvalue weighted by Gasteiger charge is -2.34. The second-order valence-electron chi connectivity index (χ2n) is 7.58. The summed E-state index contributed by atoms with van der Waals surface area (Å²) in [6.45, 7) is 2.73. The van der Waals surface area contributed by atoms with Crippen molar-refractivity contribution in [2.75, 3.05) is 13.1 Å². The number of hydrogen-bond donors (Lipinski definition) is 0. The first-order chi connectivity index (χ1) is 13.6. The Morgan fingerprint density at radius 1 is 1.14 bits per heavy atom. The Kier molecular flexibility index (Phi) is 5.38. The maximum absolute atomic E-state index is 14.6. The number of alkyl halides is 1. The third-order valence-electron chi connectivity index (χ3n) is 5.71. The van der Waals surface area contributed by atoms with Gasteiger partial charge in [0.2, 0.25) is 5.91 Å². The molecule has 0 saturated carbocycles. The molecule has 0 unspecified atom stereocenters. The Hall–Kier alpha value is -2.75. The number of aromatic nitrogens is 1. The number of benzene rings is 2. The SMILES string of the molecule is CCC(=O)N1CC[C@H](Cc2ccc(-c3cnc4ccccc4c3)cc2)[C@H](F)C1. The van der Waals surface area contributed by atoms with Crippen molar-refractivity contribution in [3.63, 3.8) is 0 Å². The molecule has 1 amide bonds. The molecule has 2 heterocycles. The Morgan fingerprint density at radius 2 is 1.93 bits per heavy atom. The first-order valence-electron chi connectivity index (χ1n) is 10.00. The molecule has 1 aliphatic rings. The summed E-state index contributed by atoms with van der Waals surface area (Å²) < 4.78 is 14.6. The van der Waals surface area contributed by atoms with Gasteiger partial charge in [-0.25, -0.2) is 4.39 Å². The van der Waals surface area contributed by atoms with E-state index in [2.05, 4.69) is 41.4 Å². The monoisotopic (exact) mass is 376 g/mol. The standard InChI is InChI=1S/C24H25FN2O/c1-2-24(28)27-12-11-19(22(25)16-27)13-17-7-9-18(10-8-17)21-14-20-5-3-4-6-23(20)26-15-21/h3-10,14-15,19,22H,2,11-13,16H2,1H3/t19-,22-/m1/s1. The molecule has 4 heteroatoms. The molecular formula is C24H25FN2O. The van der Waals surface area contributed by atoms with Crippen molar-refractivity contribution in [2.24, 2.45) is 5.92 Å². The van der Waals surface area contributed by atoms with Gasteiger partial charge in [0.1, 0.15) is 6.17 Å². The molecule has 1 aliphatic heterocycles. The van der Waals surface area contributed by atoms with Crippen LogP contribution in [-0.4, -0.2) is 35.1 Å². The molecule has 28 heavy (non-hydrogen) atoms. The summed E-state index contributed by atoms with van der Waals surface area (Å²) in [5.41, 5.74) is 4.33. The van der Waals surface area contributed by atoms with Crippen LogP contribution in [-0.2, 0) is 11.2 Å². The number of fused-ring (bicyclic) bond motifs is 1. The highest BCUT2D eigenvalue weighted by Crippen LogP contribution is 2.27. The first-order valence-corrected chi connectivity index (χ1v) is 10.00. The van der Waals surface area contributed by atoms with E-state index < -0.39 is 6.17 Å². The number of para-hydroxylation sites is 1. The molecule has 0 bridgehead atoms. The number of carbonyl (C=O) groups excluding carboxylic acids is 1. The number of rotatable bonds is 4. The van der Waals surface area contributed by atoms with Crippen molar-refractivity contribution in [3.05, 3.63) is 66.4 Å². The van der Waals surface area contributed by atoms with E-state index in [4.69, 9.17) is 0 Å². The first kappa shape index (κ1) is 18.6. The third kappa shape index (κ3) is 3.91. The van der Waals surface area contributed by atoms with E-state index in [1.807, 2.05) is 31.3 Å². The van der Waals surface area contributed by atoms with Gasteiger partial charge in [-0.05, 0) is 42.0 Å². The van der Waals surface area contributed by atoms with Crippen LogP contribution < -0.4 is 0 Å². The summed E-state index contributed by atoms with van der Waals surface area (Å²) in [6.07, 6.45) is 2.83. The van der Waals surface area contributed by atoms with Gasteiger partial charge in [0.15, 0.2) is 0 Å². The predicted molar refractivity (Wildman–Crippen MR) is 111 cm³/mol. The lowest BCUT2D eigenvalue weighted by atomic mass is 9.88. The summed E-state index contributed by atoms with van der Waals surface area (Å²) in [6, 6.07) is 18.6. The number of nitrogens with zero attached hydrogens (tertiary/aromatic N) is 2. The number of halogens is 1. The van der Waals surface area contributed by atoms with Gasteiger partial charge in [-0.15, -0.1) is 0 Å². The summed E-state index contributed by atoms with van der Waals surface area (Å²) in [5, 5.41) is 1.12. The maximum atomic E-state index is 14.6. The van der Waals surface area contributed by atoms with Crippen molar-refractivity contribution >= 4 is 16.8 Å².